The number of anilines is 1. The molecule has 0 aliphatic heterocycles. The number of nitrogens with zero attached hydrogens (tertiary/aromatic N) is 3. The molecule has 0 aliphatic rings. The Hall–Kier alpha value is -1.36. The number of rotatable bonds is 5. The fourth-order valence-electron chi connectivity index (χ4n) is 1.93. The number of nitrogens with one attached hydrogen (secondary N) is 1. The second kappa shape index (κ2) is 5.31. The normalized spacial score (nSPS) is 12.6. The van der Waals surface area contributed by atoms with Crippen LogP contribution >= 0.6 is 11.3 Å². The topological polar surface area (TPSA) is 42.7 Å². The van der Waals surface area contributed by atoms with E-state index in [-0.39, 0.29) is 6.04 Å². The van der Waals surface area contributed by atoms with Crippen molar-refractivity contribution in [2.24, 2.45) is 0 Å². The third kappa shape index (κ3) is 2.49. The quantitative estimate of drug-likeness (QED) is 0.886. The van der Waals surface area contributed by atoms with E-state index in [9.17, 15) is 0 Å². The molecule has 5 heteroatoms. The first-order chi connectivity index (χ1) is 8.26. The zero-order valence-corrected chi connectivity index (χ0v) is 11.3. The molecule has 2 heterocycles. The summed E-state index contributed by atoms with van der Waals surface area (Å²) in [6.45, 7) is 7.16. The van der Waals surface area contributed by atoms with E-state index >= 15 is 0 Å². The van der Waals surface area contributed by atoms with E-state index in [0.717, 1.165) is 29.6 Å². The summed E-state index contributed by atoms with van der Waals surface area (Å²) in [6.07, 6.45) is 4.97. The summed E-state index contributed by atoms with van der Waals surface area (Å²) < 4.78 is 2.19. The van der Waals surface area contributed by atoms with Gasteiger partial charge in [0.2, 0.25) is 5.95 Å². The van der Waals surface area contributed by atoms with Gasteiger partial charge in [-0.25, -0.2) is 9.97 Å². The van der Waals surface area contributed by atoms with Crippen molar-refractivity contribution in [3.8, 4) is 0 Å². The maximum Gasteiger partial charge on any atom is 0.203 e. The molecule has 2 aromatic rings. The summed E-state index contributed by atoms with van der Waals surface area (Å²) in [6, 6.07) is 0.283. The van der Waals surface area contributed by atoms with Crippen molar-refractivity contribution in [3.05, 3.63) is 28.5 Å². The first-order valence-electron chi connectivity index (χ1n) is 5.95. The molecule has 1 unspecified atom stereocenters. The summed E-state index contributed by atoms with van der Waals surface area (Å²) >= 11 is 1.70. The smallest absolute Gasteiger partial charge is 0.203 e. The summed E-state index contributed by atoms with van der Waals surface area (Å²) in [5, 5.41) is 6.47. The Labute approximate surface area is 106 Å². The second-order valence-corrected chi connectivity index (χ2v) is 4.86. The van der Waals surface area contributed by atoms with Crippen LogP contribution in [0.3, 0.4) is 0 Å². The number of imidazole rings is 1. The monoisotopic (exact) mass is 250 g/mol. The first kappa shape index (κ1) is 12.1. The van der Waals surface area contributed by atoms with Gasteiger partial charge >= 0.3 is 0 Å². The van der Waals surface area contributed by atoms with Crippen LogP contribution in [0.4, 0.5) is 5.95 Å². The Bertz CT molecular complexity index is 461. The fraction of sp³-hybridized carbons (Fsp3) is 0.500. The molecule has 1 atom stereocenters. The Morgan fingerprint density at radius 1 is 1.47 bits per heavy atom. The van der Waals surface area contributed by atoms with Crippen molar-refractivity contribution < 1.29 is 0 Å². The van der Waals surface area contributed by atoms with Gasteiger partial charge in [0, 0.05) is 24.3 Å². The molecule has 0 radical (unpaired) electrons. The molecular formula is C12H18N4S. The first-order valence-corrected chi connectivity index (χ1v) is 6.83. The van der Waals surface area contributed by atoms with Gasteiger partial charge < -0.3 is 9.88 Å². The number of aryl methyl sites for hydroxylation is 1. The molecule has 1 N–H and O–H groups in total. The Morgan fingerprint density at radius 2 is 2.29 bits per heavy atom. The third-order valence-corrected chi connectivity index (χ3v) is 3.52. The van der Waals surface area contributed by atoms with Crippen molar-refractivity contribution in [2.75, 3.05) is 11.9 Å². The highest BCUT2D eigenvalue weighted by molar-refractivity contribution is 7.09. The number of hydrogen-bond donors (Lipinski definition) is 1. The van der Waals surface area contributed by atoms with Gasteiger partial charge in [-0.15, -0.1) is 11.3 Å². The molecule has 92 valence electrons. The van der Waals surface area contributed by atoms with Crippen molar-refractivity contribution in [3.63, 3.8) is 0 Å². The third-order valence-electron chi connectivity index (χ3n) is 2.65. The minimum absolute atomic E-state index is 0.283. The lowest BCUT2D eigenvalue weighted by Gasteiger charge is -2.17. The minimum atomic E-state index is 0.283. The number of thiazole rings is 1. The molecule has 0 spiro atoms. The molecule has 17 heavy (non-hydrogen) atoms. The van der Waals surface area contributed by atoms with Crippen LogP contribution < -0.4 is 5.32 Å². The maximum absolute atomic E-state index is 4.51. The largest absolute Gasteiger partial charge is 0.356 e. The van der Waals surface area contributed by atoms with Crippen LogP contribution in [0.25, 0.3) is 0 Å². The van der Waals surface area contributed by atoms with Gasteiger partial charge in [0.1, 0.15) is 5.01 Å². The van der Waals surface area contributed by atoms with E-state index in [0.29, 0.717) is 0 Å². The lowest BCUT2D eigenvalue weighted by atomic mass is 10.2. The van der Waals surface area contributed by atoms with Crippen molar-refractivity contribution in [2.45, 2.75) is 33.2 Å². The lowest BCUT2D eigenvalue weighted by Crippen LogP contribution is -2.13. The Balaban J connectivity index is 2.36. The zero-order chi connectivity index (χ0) is 12.3. The number of hydrogen-bond acceptors (Lipinski definition) is 4. The molecule has 0 saturated carbocycles. The molecular weight excluding hydrogens is 232 g/mol. The lowest BCUT2D eigenvalue weighted by molar-refractivity contribution is 0.568. The molecule has 2 rings (SSSR count). The van der Waals surface area contributed by atoms with Gasteiger partial charge in [-0.2, -0.15) is 0 Å². The molecule has 0 fully saturated rings. The maximum atomic E-state index is 4.51. The highest BCUT2D eigenvalue weighted by atomic mass is 32.1. The van der Waals surface area contributed by atoms with Crippen molar-refractivity contribution in [1.82, 2.24) is 14.5 Å². The fourth-order valence-corrected chi connectivity index (χ4v) is 2.75. The van der Waals surface area contributed by atoms with Gasteiger partial charge in [-0.3, -0.25) is 0 Å². The Morgan fingerprint density at radius 3 is 2.88 bits per heavy atom. The summed E-state index contributed by atoms with van der Waals surface area (Å²) in [7, 11) is 0. The molecule has 0 aliphatic carbocycles. The van der Waals surface area contributed by atoms with Crippen LogP contribution in [0.1, 0.15) is 37.0 Å². The zero-order valence-electron chi connectivity index (χ0n) is 10.5. The molecule has 0 aromatic carbocycles. The average molecular weight is 250 g/mol. The van der Waals surface area contributed by atoms with E-state index in [1.807, 2.05) is 18.5 Å². The van der Waals surface area contributed by atoms with E-state index in [2.05, 4.69) is 39.9 Å². The van der Waals surface area contributed by atoms with Crippen molar-refractivity contribution >= 4 is 17.3 Å². The summed E-state index contributed by atoms with van der Waals surface area (Å²) in [4.78, 5) is 8.92. The standard InChI is InChI=1S/C12H18N4S/c1-4-10(11-14-6-7-17-11)16-8-9(3)15-12(16)13-5-2/h6-8,10H,4-5H2,1-3H3,(H,13,15). The Kier molecular flexibility index (Phi) is 3.78. The highest BCUT2D eigenvalue weighted by Crippen LogP contribution is 2.27. The van der Waals surface area contributed by atoms with E-state index in [1.54, 1.807) is 11.3 Å². The van der Waals surface area contributed by atoms with E-state index in [4.69, 9.17) is 0 Å². The van der Waals surface area contributed by atoms with Crippen molar-refractivity contribution in [1.29, 1.82) is 0 Å². The van der Waals surface area contributed by atoms with Crippen LogP contribution in [0.15, 0.2) is 17.8 Å². The van der Waals surface area contributed by atoms with Crippen LogP contribution in [0, 0.1) is 6.92 Å². The van der Waals surface area contributed by atoms with Crippen LogP contribution in [0.2, 0.25) is 0 Å². The highest BCUT2D eigenvalue weighted by Gasteiger charge is 2.18. The van der Waals surface area contributed by atoms with Gasteiger partial charge in [-0.1, -0.05) is 6.92 Å². The van der Waals surface area contributed by atoms with Crippen LogP contribution in [0.5, 0.6) is 0 Å². The number of aromatic nitrogens is 3. The van der Waals surface area contributed by atoms with Crippen LogP contribution in [-0.2, 0) is 0 Å². The van der Waals surface area contributed by atoms with E-state index < -0.39 is 0 Å². The predicted molar refractivity (Wildman–Crippen MR) is 71.7 cm³/mol. The molecule has 4 nitrogen and oxygen atoms in total. The van der Waals surface area contributed by atoms with Gasteiger partial charge in [0.05, 0.1) is 11.7 Å². The van der Waals surface area contributed by atoms with E-state index in [1.165, 1.54) is 0 Å². The van der Waals surface area contributed by atoms with Gasteiger partial charge in [0.25, 0.3) is 0 Å². The summed E-state index contributed by atoms with van der Waals surface area (Å²) in [5.74, 6) is 0.937. The predicted octanol–water partition coefficient (Wildman–Crippen LogP) is 3.08. The van der Waals surface area contributed by atoms with Gasteiger partial charge in [-0.05, 0) is 20.3 Å². The van der Waals surface area contributed by atoms with Crippen LogP contribution in [-0.4, -0.2) is 21.1 Å². The second-order valence-electron chi connectivity index (χ2n) is 3.94. The average Bonchev–Trinajstić information content (AvgIpc) is 2.92. The van der Waals surface area contributed by atoms with Gasteiger partial charge in [0.15, 0.2) is 0 Å². The molecule has 0 bridgehead atoms. The minimum Gasteiger partial charge on any atom is -0.356 e. The summed E-state index contributed by atoms with van der Waals surface area (Å²) in [5.41, 5.74) is 1.04. The molecule has 0 amide bonds. The SMILES string of the molecule is CCNc1nc(C)cn1C(CC)c1nccs1. The molecule has 0 saturated heterocycles. The molecule has 2 aromatic heterocycles.